The summed E-state index contributed by atoms with van der Waals surface area (Å²) < 4.78 is 0. The maximum Gasteiger partial charge on any atom is 0.370 e. The summed E-state index contributed by atoms with van der Waals surface area (Å²) in [6, 6.07) is 0. The summed E-state index contributed by atoms with van der Waals surface area (Å²) >= 11 is 0. The quantitative estimate of drug-likeness (QED) is 0.0838. The molecule has 0 saturated carbocycles. The minimum Gasteiger partial charge on any atom is -0.502 e. The molecular formula is C73H108O12. The second kappa shape index (κ2) is 28.4. The summed E-state index contributed by atoms with van der Waals surface area (Å²) in [6.07, 6.45) is 21.9. The highest BCUT2D eigenvalue weighted by Gasteiger charge is 2.35. The van der Waals surface area contributed by atoms with Crippen LogP contribution in [0.4, 0.5) is 0 Å². The number of aliphatic hydroxyl groups excluding tert-OH is 4. The van der Waals surface area contributed by atoms with Gasteiger partial charge in [-0.2, -0.15) is 0 Å². The molecule has 0 spiro atoms. The smallest absolute Gasteiger partial charge is 0.370 e. The molecule has 0 amide bonds. The Morgan fingerprint density at radius 3 is 0.518 bits per heavy atom. The largest absolute Gasteiger partial charge is 0.502 e. The lowest BCUT2D eigenvalue weighted by Gasteiger charge is -2.34. The van der Waals surface area contributed by atoms with Crippen LogP contribution in [0.5, 0.6) is 0 Å². The number of hydrogen-bond donors (Lipinski definition) is 8. The van der Waals surface area contributed by atoms with Crippen LogP contribution < -0.4 is 0 Å². The average molecular weight is 1180 g/mol. The Hall–Kier alpha value is -7.08. The number of carbonyl (C=O) groups is 4. The Morgan fingerprint density at radius 1 is 0.294 bits per heavy atom. The second-order valence-corrected chi connectivity index (χ2v) is 30.4. The third kappa shape index (κ3) is 23.0. The van der Waals surface area contributed by atoms with Crippen molar-refractivity contribution in [2.75, 3.05) is 0 Å². The van der Waals surface area contributed by atoms with Gasteiger partial charge in [-0.1, -0.05) is 249 Å². The Labute approximate surface area is 511 Å². The van der Waals surface area contributed by atoms with E-state index in [1.165, 1.54) is 24.3 Å². The number of hydrogen-bond acceptors (Lipinski definition) is 8. The van der Waals surface area contributed by atoms with E-state index in [1.807, 2.05) is 24.3 Å². The standard InChI is InChI=1S/4C18H26O3.CH4/c4*1-11-12(9-15(19)16(20)21)8-13(17(2,3)4)10-14(11)18(5,6)7;/h4*8-10,12,19H,1H2,2-7H3,(H,20,21);1H4. The highest BCUT2D eigenvalue weighted by molar-refractivity contribution is 5.85. The predicted octanol–water partition coefficient (Wildman–Crippen LogP) is 19.2. The SMILES string of the molecule is C.C=C1C(C(C)(C)C)=CC(C(C)(C)C)=CC1C=C(O)C(=O)O.C=C1C(C(C)(C)C)=CC(C(C)(C)C)=CC1C=C(O)C(=O)O.C=C1C(C(C)(C)C)=CC(C(C)(C)C)=CC1C=C(O)C(=O)O.C=C1C(C(C)(C)C)=CC(C(C)(C)C)=CC1C=C(O)C(=O)O. The van der Waals surface area contributed by atoms with Crippen LogP contribution in [0.3, 0.4) is 0 Å². The van der Waals surface area contributed by atoms with Crippen molar-refractivity contribution in [3.63, 3.8) is 0 Å². The van der Waals surface area contributed by atoms with Crippen molar-refractivity contribution in [3.8, 4) is 0 Å². The molecule has 8 N–H and O–H groups in total. The molecule has 0 fully saturated rings. The van der Waals surface area contributed by atoms with Crippen molar-refractivity contribution < 1.29 is 60.0 Å². The van der Waals surface area contributed by atoms with Crippen LogP contribution in [-0.4, -0.2) is 64.7 Å². The maximum atomic E-state index is 10.9. The van der Waals surface area contributed by atoms with E-state index in [0.29, 0.717) is 0 Å². The van der Waals surface area contributed by atoms with E-state index in [0.717, 1.165) is 66.9 Å². The number of carboxylic acid groups (broad SMARTS) is 4. The van der Waals surface area contributed by atoms with E-state index in [4.69, 9.17) is 20.4 Å². The van der Waals surface area contributed by atoms with Crippen LogP contribution in [-0.2, 0) is 19.2 Å². The minimum atomic E-state index is -1.32. The molecule has 0 aromatic rings. The summed E-state index contributed by atoms with van der Waals surface area (Å²) in [4.78, 5) is 43.4. The molecule has 4 unspecified atom stereocenters. The summed E-state index contributed by atoms with van der Waals surface area (Å²) in [5.41, 5.74) is 11.6. The summed E-state index contributed by atoms with van der Waals surface area (Å²) in [5, 5.41) is 73.7. The number of carboxylic acids is 4. The Kier molecular flexibility index (Phi) is 26.0. The topological polar surface area (TPSA) is 230 Å². The lowest BCUT2D eigenvalue weighted by molar-refractivity contribution is -0.136. The zero-order chi connectivity index (χ0) is 66.3. The highest BCUT2D eigenvalue weighted by atomic mass is 16.4. The van der Waals surface area contributed by atoms with Gasteiger partial charge < -0.3 is 40.9 Å². The van der Waals surface area contributed by atoms with E-state index in [1.54, 1.807) is 0 Å². The van der Waals surface area contributed by atoms with E-state index in [9.17, 15) is 39.6 Å². The van der Waals surface area contributed by atoms with Crippen LogP contribution in [0.25, 0.3) is 0 Å². The second-order valence-electron chi connectivity index (χ2n) is 30.4. The predicted molar refractivity (Wildman–Crippen MR) is 351 cm³/mol. The van der Waals surface area contributed by atoms with Crippen molar-refractivity contribution in [2.45, 2.75) is 174 Å². The monoisotopic (exact) mass is 1180 g/mol. The normalized spacial score (nSPS) is 20.7. The molecule has 85 heavy (non-hydrogen) atoms. The van der Waals surface area contributed by atoms with Crippen LogP contribution in [0.15, 0.2) is 189 Å². The minimum absolute atomic E-state index is 0. The van der Waals surface area contributed by atoms with Gasteiger partial charge in [-0.05, 0) is 135 Å². The first-order valence-electron chi connectivity index (χ1n) is 28.5. The zero-order valence-corrected chi connectivity index (χ0v) is 55.3. The van der Waals surface area contributed by atoms with Gasteiger partial charge in [-0.15, -0.1) is 0 Å². The van der Waals surface area contributed by atoms with Crippen LogP contribution in [0, 0.1) is 67.0 Å². The molecule has 0 aromatic carbocycles. The van der Waals surface area contributed by atoms with E-state index >= 15 is 0 Å². The maximum absolute atomic E-state index is 10.9. The molecule has 0 heterocycles. The number of aliphatic carboxylic acids is 4. The van der Waals surface area contributed by atoms with Gasteiger partial charge in [0.25, 0.3) is 0 Å². The van der Waals surface area contributed by atoms with E-state index in [2.05, 4.69) is 217 Å². The fraction of sp³-hybridized carbons (Fsp3) is 0.507. The van der Waals surface area contributed by atoms with Gasteiger partial charge in [0.1, 0.15) is 0 Å². The molecule has 0 saturated heterocycles. The first kappa shape index (κ1) is 77.9. The van der Waals surface area contributed by atoms with Crippen molar-refractivity contribution in [2.24, 2.45) is 67.0 Å². The molecule has 12 heteroatoms. The first-order chi connectivity index (χ1) is 37.3. The third-order valence-corrected chi connectivity index (χ3v) is 14.6. The molecule has 0 bridgehead atoms. The highest BCUT2D eigenvalue weighted by Crippen LogP contribution is 2.47. The Bertz CT molecular complexity index is 2590. The van der Waals surface area contributed by atoms with Crippen molar-refractivity contribution in [1.29, 1.82) is 0 Å². The number of allylic oxidation sites excluding steroid dienone is 24. The van der Waals surface area contributed by atoms with Gasteiger partial charge in [0.15, 0.2) is 23.0 Å². The molecule has 12 nitrogen and oxygen atoms in total. The zero-order valence-electron chi connectivity index (χ0n) is 55.3. The average Bonchev–Trinajstić information content (AvgIpc) is 3.10. The molecule has 4 aliphatic carbocycles. The van der Waals surface area contributed by atoms with Gasteiger partial charge in [-0.25, -0.2) is 19.2 Å². The summed E-state index contributed by atoms with van der Waals surface area (Å²) in [6.45, 7) is 67.1. The fourth-order valence-electron chi connectivity index (χ4n) is 9.30. The molecular weight excluding hydrogens is 1070 g/mol. The summed E-state index contributed by atoms with van der Waals surface area (Å²) in [5.74, 6) is -9.02. The van der Waals surface area contributed by atoms with Crippen LogP contribution in [0.1, 0.15) is 174 Å². The number of aliphatic hydroxyl groups is 4. The van der Waals surface area contributed by atoms with E-state index < -0.39 is 46.9 Å². The molecule has 4 rings (SSSR count). The first-order valence-corrected chi connectivity index (χ1v) is 28.5. The molecule has 0 radical (unpaired) electrons. The van der Waals surface area contributed by atoms with Gasteiger partial charge in [0, 0.05) is 23.7 Å². The molecule has 4 aliphatic rings. The van der Waals surface area contributed by atoms with Crippen molar-refractivity contribution in [3.05, 3.63) is 189 Å². The van der Waals surface area contributed by atoms with Gasteiger partial charge >= 0.3 is 23.9 Å². The Balaban J connectivity index is 0.00000110. The van der Waals surface area contributed by atoms with Crippen molar-refractivity contribution in [1.82, 2.24) is 0 Å². The van der Waals surface area contributed by atoms with E-state index in [-0.39, 0.29) is 74.4 Å². The molecule has 472 valence electrons. The third-order valence-electron chi connectivity index (χ3n) is 14.6. The molecule has 4 atom stereocenters. The lowest BCUT2D eigenvalue weighted by atomic mass is 9.70. The van der Waals surface area contributed by atoms with Gasteiger partial charge in [0.2, 0.25) is 0 Å². The molecule has 0 aliphatic heterocycles. The van der Waals surface area contributed by atoms with Crippen LogP contribution >= 0.6 is 0 Å². The Morgan fingerprint density at radius 2 is 0.424 bits per heavy atom. The van der Waals surface area contributed by atoms with Crippen molar-refractivity contribution >= 4 is 23.9 Å². The van der Waals surface area contributed by atoms with Crippen LogP contribution in [0.2, 0.25) is 0 Å². The summed E-state index contributed by atoms with van der Waals surface area (Å²) in [7, 11) is 0. The fourth-order valence-corrected chi connectivity index (χ4v) is 9.30. The lowest BCUT2D eigenvalue weighted by Crippen LogP contribution is -2.22. The van der Waals surface area contributed by atoms with Gasteiger partial charge in [-0.3, -0.25) is 0 Å². The van der Waals surface area contributed by atoms with Gasteiger partial charge in [0.05, 0.1) is 0 Å². The number of rotatable bonds is 8. The molecule has 0 aromatic heterocycles.